The van der Waals surface area contributed by atoms with E-state index in [0.717, 1.165) is 16.7 Å². The first-order valence-corrected chi connectivity index (χ1v) is 11.1. The van der Waals surface area contributed by atoms with Crippen LogP contribution in [-0.2, 0) is 22.7 Å². The Kier molecular flexibility index (Phi) is 5.42. The second-order valence-electron chi connectivity index (χ2n) is 8.53. The first kappa shape index (κ1) is 20.9. The Morgan fingerprint density at radius 1 is 0.636 bits per heavy atom. The second kappa shape index (κ2) is 8.54. The van der Waals surface area contributed by atoms with Gasteiger partial charge in [-0.15, -0.1) is 0 Å². The lowest BCUT2D eigenvalue weighted by Crippen LogP contribution is -2.44. The van der Waals surface area contributed by atoms with Crippen molar-refractivity contribution in [2.45, 2.75) is 38.1 Å². The van der Waals surface area contributed by atoms with E-state index in [9.17, 15) is 14.4 Å². The molecule has 2 aliphatic rings. The molecule has 6 heteroatoms. The van der Waals surface area contributed by atoms with Gasteiger partial charge in [0.05, 0.1) is 6.04 Å². The second-order valence-corrected chi connectivity index (χ2v) is 8.53. The molecule has 33 heavy (non-hydrogen) atoms. The van der Waals surface area contributed by atoms with Crippen molar-refractivity contribution in [1.29, 1.82) is 0 Å². The van der Waals surface area contributed by atoms with Crippen molar-refractivity contribution >= 4 is 17.8 Å². The van der Waals surface area contributed by atoms with E-state index < -0.39 is 18.1 Å². The predicted molar refractivity (Wildman–Crippen MR) is 124 cm³/mol. The lowest BCUT2D eigenvalue weighted by atomic mass is 10.1. The molecule has 5 rings (SSSR count). The molecule has 0 saturated carbocycles. The SMILES string of the molecule is C[C@H](c1ccccc1)N1C(=O)[C@@H]2[C@H](C1=O)N(Cc1ccccc1)C(=O)N2Cc1ccccc1. The molecule has 0 spiro atoms. The minimum absolute atomic E-state index is 0.276. The zero-order valence-corrected chi connectivity index (χ0v) is 18.4. The number of fused-ring (bicyclic) bond motifs is 1. The van der Waals surface area contributed by atoms with Gasteiger partial charge in [0.15, 0.2) is 0 Å². The summed E-state index contributed by atoms with van der Waals surface area (Å²) in [7, 11) is 0. The third-order valence-electron chi connectivity index (χ3n) is 6.50. The molecule has 2 saturated heterocycles. The first-order chi connectivity index (χ1) is 16.1. The average molecular weight is 440 g/mol. The molecule has 0 aliphatic carbocycles. The van der Waals surface area contributed by atoms with E-state index in [-0.39, 0.29) is 30.9 Å². The number of nitrogens with zero attached hydrogens (tertiary/aromatic N) is 3. The van der Waals surface area contributed by atoms with Crippen LogP contribution >= 0.6 is 0 Å². The van der Waals surface area contributed by atoms with Crippen LogP contribution in [0.2, 0.25) is 0 Å². The molecule has 3 aromatic rings. The van der Waals surface area contributed by atoms with E-state index in [0.29, 0.717) is 0 Å². The summed E-state index contributed by atoms with van der Waals surface area (Å²) in [4.78, 5) is 45.2. The molecule has 166 valence electrons. The van der Waals surface area contributed by atoms with Crippen LogP contribution in [0.5, 0.6) is 0 Å². The summed E-state index contributed by atoms with van der Waals surface area (Å²) < 4.78 is 0. The summed E-state index contributed by atoms with van der Waals surface area (Å²) in [6.45, 7) is 2.41. The number of rotatable bonds is 6. The summed E-state index contributed by atoms with van der Waals surface area (Å²) in [6.07, 6.45) is 0. The largest absolute Gasteiger partial charge is 0.322 e. The van der Waals surface area contributed by atoms with Gasteiger partial charge in [-0.3, -0.25) is 14.5 Å². The molecule has 6 nitrogen and oxygen atoms in total. The van der Waals surface area contributed by atoms with Gasteiger partial charge >= 0.3 is 6.03 Å². The molecule has 0 bridgehead atoms. The van der Waals surface area contributed by atoms with Gasteiger partial charge in [-0.25, -0.2) is 4.79 Å². The van der Waals surface area contributed by atoms with E-state index in [1.54, 1.807) is 9.80 Å². The van der Waals surface area contributed by atoms with Gasteiger partial charge in [-0.05, 0) is 23.6 Å². The van der Waals surface area contributed by atoms with Crippen molar-refractivity contribution in [3.63, 3.8) is 0 Å². The van der Waals surface area contributed by atoms with Crippen molar-refractivity contribution in [1.82, 2.24) is 14.7 Å². The van der Waals surface area contributed by atoms with Gasteiger partial charge < -0.3 is 9.80 Å². The number of carbonyl (C=O) groups excluding carboxylic acids is 3. The van der Waals surface area contributed by atoms with Crippen LogP contribution < -0.4 is 0 Å². The summed E-state index contributed by atoms with van der Waals surface area (Å²) in [5.41, 5.74) is 2.72. The fourth-order valence-electron chi connectivity index (χ4n) is 4.83. The van der Waals surface area contributed by atoms with Crippen LogP contribution in [0.3, 0.4) is 0 Å². The summed E-state index contributed by atoms with van der Waals surface area (Å²) in [5, 5.41) is 0. The number of amides is 4. The Hall–Kier alpha value is -3.93. The van der Waals surface area contributed by atoms with Gasteiger partial charge in [0, 0.05) is 13.1 Å². The maximum atomic E-state index is 13.6. The van der Waals surface area contributed by atoms with E-state index in [1.807, 2.05) is 97.9 Å². The van der Waals surface area contributed by atoms with E-state index in [1.165, 1.54) is 4.90 Å². The van der Waals surface area contributed by atoms with Crippen LogP contribution in [0.15, 0.2) is 91.0 Å². The average Bonchev–Trinajstić information content (AvgIpc) is 3.26. The van der Waals surface area contributed by atoms with Crippen LogP contribution in [0.1, 0.15) is 29.7 Å². The minimum Gasteiger partial charge on any atom is -0.306 e. The lowest BCUT2D eigenvalue weighted by Gasteiger charge is -2.28. The highest BCUT2D eigenvalue weighted by atomic mass is 16.2. The third-order valence-corrected chi connectivity index (χ3v) is 6.50. The molecule has 0 radical (unpaired) electrons. The van der Waals surface area contributed by atoms with Crippen molar-refractivity contribution in [2.75, 3.05) is 0 Å². The normalized spacial score (nSPS) is 21.0. The van der Waals surface area contributed by atoms with Gasteiger partial charge in [-0.1, -0.05) is 91.0 Å². The molecule has 0 aromatic heterocycles. The Balaban J connectivity index is 1.51. The van der Waals surface area contributed by atoms with Crippen LogP contribution in [0.25, 0.3) is 0 Å². The van der Waals surface area contributed by atoms with Gasteiger partial charge in [0.25, 0.3) is 11.8 Å². The van der Waals surface area contributed by atoms with Crippen molar-refractivity contribution in [2.24, 2.45) is 0 Å². The Bertz CT molecular complexity index is 1100. The van der Waals surface area contributed by atoms with E-state index in [4.69, 9.17) is 0 Å². The number of likely N-dealkylation sites (tertiary alicyclic amines) is 1. The zero-order chi connectivity index (χ0) is 22.9. The number of hydrogen-bond acceptors (Lipinski definition) is 3. The first-order valence-electron chi connectivity index (χ1n) is 11.1. The fraction of sp³-hybridized carbons (Fsp3) is 0.222. The number of urea groups is 1. The Morgan fingerprint density at radius 2 is 1.03 bits per heavy atom. The van der Waals surface area contributed by atoms with Crippen LogP contribution in [0, 0.1) is 0 Å². The predicted octanol–water partition coefficient (Wildman–Crippen LogP) is 3.99. The zero-order valence-electron chi connectivity index (χ0n) is 18.4. The standard InChI is InChI=1S/C27H25N3O3/c1-19(22-15-9-4-10-16-22)30-25(31)23-24(26(30)32)29(18-21-13-7-3-8-14-21)27(33)28(23)17-20-11-5-2-6-12-20/h2-16,19,23-24H,17-18H2,1H3/t19-,23-,24+/m1/s1. The Labute approximate surface area is 193 Å². The van der Waals surface area contributed by atoms with Crippen LogP contribution in [0.4, 0.5) is 4.79 Å². The van der Waals surface area contributed by atoms with Crippen LogP contribution in [-0.4, -0.2) is 44.6 Å². The van der Waals surface area contributed by atoms with Gasteiger partial charge in [0.1, 0.15) is 12.1 Å². The quantitative estimate of drug-likeness (QED) is 0.546. The molecule has 2 aliphatic heterocycles. The molecular formula is C27H25N3O3. The highest BCUT2D eigenvalue weighted by Gasteiger charge is 2.61. The monoisotopic (exact) mass is 439 g/mol. The highest BCUT2D eigenvalue weighted by molar-refractivity contribution is 6.13. The summed E-state index contributed by atoms with van der Waals surface area (Å²) >= 11 is 0. The molecule has 3 aromatic carbocycles. The Morgan fingerprint density at radius 3 is 1.45 bits per heavy atom. The molecular weight excluding hydrogens is 414 g/mol. The fourth-order valence-corrected chi connectivity index (χ4v) is 4.83. The van der Waals surface area contributed by atoms with E-state index in [2.05, 4.69) is 0 Å². The lowest BCUT2D eigenvalue weighted by molar-refractivity contribution is -0.143. The maximum absolute atomic E-state index is 13.6. The van der Waals surface area contributed by atoms with Gasteiger partial charge in [0.2, 0.25) is 0 Å². The molecule has 2 fully saturated rings. The highest BCUT2D eigenvalue weighted by Crippen LogP contribution is 2.37. The topological polar surface area (TPSA) is 60.9 Å². The molecule has 3 atom stereocenters. The number of imide groups is 1. The van der Waals surface area contributed by atoms with Crippen molar-refractivity contribution in [3.8, 4) is 0 Å². The van der Waals surface area contributed by atoms with E-state index >= 15 is 0 Å². The summed E-state index contributed by atoms with van der Waals surface area (Å²) in [6, 6.07) is 26.3. The smallest absolute Gasteiger partial charge is 0.306 e. The van der Waals surface area contributed by atoms with Crippen molar-refractivity contribution in [3.05, 3.63) is 108 Å². The molecule has 2 heterocycles. The number of hydrogen-bond donors (Lipinski definition) is 0. The molecule has 0 N–H and O–H groups in total. The molecule has 0 unspecified atom stereocenters. The number of carbonyl (C=O) groups is 3. The molecule has 4 amide bonds. The van der Waals surface area contributed by atoms with Gasteiger partial charge in [-0.2, -0.15) is 0 Å². The summed E-state index contributed by atoms with van der Waals surface area (Å²) in [5.74, 6) is -0.637. The third kappa shape index (κ3) is 3.67. The maximum Gasteiger partial charge on any atom is 0.322 e. The minimum atomic E-state index is -0.833. The number of benzene rings is 3. The van der Waals surface area contributed by atoms with Crippen molar-refractivity contribution < 1.29 is 14.4 Å².